The van der Waals surface area contributed by atoms with Gasteiger partial charge in [-0.2, -0.15) is 13.2 Å². The molecule has 69 heavy (non-hydrogen) atoms. The molecule has 13 heteroatoms. The summed E-state index contributed by atoms with van der Waals surface area (Å²) < 4.78 is 69.6. The van der Waals surface area contributed by atoms with Crippen LogP contribution >= 0.6 is 25.6 Å². The van der Waals surface area contributed by atoms with Crippen LogP contribution < -0.4 is 32.1 Å². The number of ketones is 1. The Hall–Kier alpha value is -5.77. The summed E-state index contributed by atoms with van der Waals surface area (Å²) in [5.41, 5.74) is -2.01. The summed E-state index contributed by atoms with van der Waals surface area (Å²) in [5.74, 6) is -3.33. The number of para-hydroxylation sites is 1. The summed E-state index contributed by atoms with van der Waals surface area (Å²) in [6, 6.07) is 66.9. The summed E-state index contributed by atoms with van der Waals surface area (Å²) >= 11 is 1.41. The van der Waals surface area contributed by atoms with Crippen LogP contribution in [0.5, 0.6) is 5.75 Å². The minimum absolute atomic E-state index is 0. The van der Waals surface area contributed by atoms with E-state index in [1.54, 1.807) is 54.6 Å². The van der Waals surface area contributed by atoms with Gasteiger partial charge in [0.1, 0.15) is 11.3 Å². The first-order valence-electron chi connectivity index (χ1n) is 21.3. The van der Waals surface area contributed by atoms with Crippen molar-refractivity contribution in [2.75, 3.05) is 0 Å². The molecule has 0 bridgehead atoms. The molecular formula is C56H42EuF3NO5P2S. The molecule has 0 aliphatic heterocycles. The third-order valence-corrected chi connectivity index (χ3v) is 18.6. The molecule has 1 N–H and O–H groups in total. The van der Waals surface area contributed by atoms with E-state index >= 15 is 0 Å². The van der Waals surface area contributed by atoms with Crippen LogP contribution in [0.3, 0.4) is 0 Å². The second kappa shape index (κ2) is 21.9. The Morgan fingerprint density at radius 2 is 0.942 bits per heavy atom. The van der Waals surface area contributed by atoms with Gasteiger partial charge in [-0.25, -0.2) is 0 Å². The second-order valence-electron chi connectivity index (χ2n) is 15.6. The zero-order valence-electron chi connectivity index (χ0n) is 36.8. The minimum Gasteiger partial charge on any atom is -0.506 e. The Bertz CT molecular complexity index is 3430. The molecule has 0 saturated heterocycles. The van der Waals surface area contributed by atoms with E-state index in [2.05, 4.69) is 6.58 Å². The number of pyridine rings is 1. The number of benzene rings is 8. The van der Waals surface area contributed by atoms with Crippen molar-refractivity contribution in [2.24, 2.45) is 0 Å². The number of aromatic nitrogens is 1. The summed E-state index contributed by atoms with van der Waals surface area (Å²) in [7, 11) is -5.47. The van der Waals surface area contributed by atoms with E-state index in [0.717, 1.165) is 41.1 Å². The second-order valence-corrected chi connectivity index (χ2v) is 22.5. The van der Waals surface area contributed by atoms with Gasteiger partial charge >= 0.3 is 6.18 Å². The number of carbonyl (C=O) groups is 1. The molecule has 345 valence electrons. The molecule has 2 heterocycles. The monoisotopic (exact) mass is 1110 g/mol. The SMILES string of the molecule is C=C(C)P(=O)(c1ccccc1)c1ccccc1.O=C(c1c(O)c2c3c(ccc2n(-c2ccccc2)c1=O)sc1ccccc13)C(F)(F)F.O=P(c1ccccc1)(c1ccccc1)c1ccccc1.[Eu]. The first-order chi connectivity index (χ1) is 32.8. The zero-order valence-corrected chi connectivity index (χ0v) is 41.9. The Balaban J connectivity index is 0.000000161. The maximum atomic E-state index is 13.8. The van der Waals surface area contributed by atoms with Gasteiger partial charge in [0, 0.05) is 102 Å². The van der Waals surface area contributed by atoms with E-state index in [1.807, 2.05) is 171 Å². The Morgan fingerprint density at radius 3 is 1.36 bits per heavy atom. The molecule has 0 fully saturated rings. The third-order valence-electron chi connectivity index (χ3n) is 11.3. The van der Waals surface area contributed by atoms with Crippen molar-refractivity contribution in [3.05, 3.63) is 246 Å². The number of alkyl halides is 3. The molecule has 2 aromatic heterocycles. The summed E-state index contributed by atoms with van der Waals surface area (Å²) in [5, 5.41) is 17.2. The number of fused-ring (bicyclic) bond motifs is 5. The molecule has 0 amide bonds. The molecule has 8 aromatic carbocycles. The van der Waals surface area contributed by atoms with Crippen LogP contribution in [0.15, 0.2) is 235 Å². The predicted molar refractivity (Wildman–Crippen MR) is 275 cm³/mol. The van der Waals surface area contributed by atoms with Gasteiger partial charge in [-0.3, -0.25) is 14.2 Å². The van der Waals surface area contributed by atoms with Gasteiger partial charge in [0.2, 0.25) is 0 Å². The number of rotatable bonds is 8. The third kappa shape index (κ3) is 10.3. The van der Waals surface area contributed by atoms with E-state index in [0.29, 0.717) is 15.5 Å². The fourth-order valence-electron chi connectivity index (χ4n) is 8.09. The summed E-state index contributed by atoms with van der Waals surface area (Å²) in [6.07, 6.45) is -5.32. The fraction of sp³-hybridized carbons (Fsp3) is 0.0357. The van der Waals surface area contributed by atoms with Crippen molar-refractivity contribution in [1.29, 1.82) is 0 Å². The number of Topliss-reactive ketones (excluding diaryl/α,β-unsaturated/α-hetero) is 1. The number of allylic oxidation sites excluding steroid dienone is 1. The maximum Gasteiger partial charge on any atom is 0.455 e. The van der Waals surface area contributed by atoms with Gasteiger partial charge in [0.15, 0.2) is 14.3 Å². The molecular weight excluding hydrogens is 1070 g/mol. The topological polar surface area (TPSA) is 93.4 Å². The van der Waals surface area contributed by atoms with Crippen molar-refractivity contribution < 1.29 is 81.6 Å². The normalized spacial score (nSPS) is 11.4. The molecule has 6 nitrogen and oxygen atoms in total. The van der Waals surface area contributed by atoms with Crippen LogP contribution in [0.2, 0.25) is 0 Å². The van der Waals surface area contributed by atoms with Gasteiger partial charge in [-0.05, 0) is 42.6 Å². The summed E-state index contributed by atoms with van der Waals surface area (Å²) in [6.45, 7) is 5.75. The van der Waals surface area contributed by atoms with E-state index in [1.165, 1.54) is 11.3 Å². The van der Waals surface area contributed by atoms with E-state index in [-0.39, 0.29) is 66.0 Å². The maximum absolute atomic E-state index is 13.8. The summed E-state index contributed by atoms with van der Waals surface area (Å²) in [4.78, 5) is 25.3. The number of carbonyl (C=O) groups excluding carboxylic acids is 1. The fourth-order valence-corrected chi connectivity index (χ4v) is 14.2. The van der Waals surface area contributed by atoms with Crippen molar-refractivity contribution in [3.8, 4) is 11.4 Å². The van der Waals surface area contributed by atoms with Crippen LogP contribution in [0, 0.1) is 49.4 Å². The van der Waals surface area contributed by atoms with Crippen LogP contribution in [0.4, 0.5) is 13.2 Å². The average molecular weight is 1110 g/mol. The van der Waals surface area contributed by atoms with Crippen LogP contribution in [-0.2, 0) is 9.13 Å². The zero-order chi connectivity index (χ0) is 48.1. The van der Waals surface area contributed by atoms with E-state index in [9.17, 15) is 37.0 Å². The van der Waals surface area contributed by atoms with Gasteiger partial charge in [0.05, 0.1) is 10.9 Å². The first-order valence-corrected chi connectivity index (χ1v) is 25.5. The predicted octanol–water partition coefficient (Wildman–Crippen LogP) is 12.7. The molecule has 0 saturated carbocycles. The molecule has 0 aliphatic carbocycles. The minimum atomic E-state index is -5.32. The molecule has 0 spiro atoms. The van der Waals surface area contributed by atoms with Crippen molar-refractivity contribution in [3.63, 3.8) is 0 Å². The number of aromatic hydroxyl groups is 1. The quantitative estimate of drug-likeness (QED) is 0.121. The number of thiophene rings is 1. The molecule has 1 radical (unpaired) electrons. The van der Waals surface area contributed by atoms with Gasteiger partial charge in [-0.15, -0.1) is 11.3 Å². The molecule has 0 atom stereocenters. The van der Waals surface area contributed by atoms with Crippen LogP contribution in [0.1, 0.15) is 17.3 Å². The molecule has 0 aliphatic rings. The van der Waals surface area contributed by atoms with Crippen molar-refractivity contribution in [2.45, 2.75) is 13.1 Å². The Morgan fingerprint density at radius 1 is 0.551 bits per heavy atom. The number of hydrogen-bond acceptors (Lipinski definition) is 6. The Labute approximate surface area is 441 Å². The van der Waals surface area contributed by atoms with Gasteiger partial charge in [0.25, 0.3) is 11.3 Å². The van der Waals surface area contributed by atoms with Crippen molar-refractivity contribution >= 4 is 89.0 Å². The van der Waals surface area contributed by atoms with Gasteiger partial charge < -0.3 is 14.2 Å². The van der Waals surface area contributed by atoms with E-state index < -0.39 is 43.1 Å². The average Bonchev–Trinajstić information content (AvgIpc) is 3.76. The van der Waals surface area contributed by atoms with E-state index in [4.69, 9.17) is 0 Å². The van der Waals surface area contributed by atoms with Crippen LogP contribution in [0.25, 0.3) is 36.8 Å². The molecule has 0 unspecified atom stereocenters. The number of halogens is 3. The Kier molecular flexibility index (Phi) is 16.2. The number of nitrogens with zero attached hydrogens (tertiary/aromatic N) is 1. The van der Waals surface area contributed by atoms with Crippen LogP contribution in [-0.4, -0.2) is 21.6 Å². The number of hydrogen-bond donors (Lipinski definition) is 1. The molecule has 10 rings (SSSR count). The van der Waals surface area contributed by atoms with Gasteiger partial charge in [-0.1, -0.05) is 195 Å². The standard InChI is InChI=1S/C23H12F3NO3S.C18H15OP.C15H15OP.Eu/c24-23(25,26)21(29)19-20(28)18-14(27(22(19)30)12-6-2-1-3-7-12)10-11-16-17(18)13-8-4-5-9-15(13)31-16;19-20(16-10-4-1-5-11-16,17-12-6-2-7-13-17)18-14-8-3-9-15-18;1-13(2)17(16,14-9-5-3-6-10-14)15-11-7-4-8-12-15;/h1-11,28H;1-15H;3-12H,1H2,2H3;. The largest absolute Gasteiger partial charge is 0.506 e. The molecule has 10 aromatic rings. The smallest absolute Gasteiger partial charge is 0.455 e. The first kappa shape index (κ1) is 51.1. The van der Waals surface area contributed by atoms with Crippen molar-refractivity contribution in [1.82, 2.24) is 4.57 Å².